The first-order valence-corrected chi connectivity index (χ1v) is 8.71. The summed E-state index contributed by atoms with van der Waals surface area (Å²) in [6, 6.07) is 14.0. The van der Waals surface area contributed by atoms with Crippen molar-refractivity contribution in [2.45, 2.75) is 6.54 Å². The number of rotatable bonds is 5. The van der Waals surface area contributed by atoms with Crippen LogP contribution in [0.25, 0.3) is 0 Å². The van der Waals surface area contributed by atoms with Crippen LogP contribution >= 0.6 is 11.6 Å². The first kappa shape index (κ1) is 17.9. The van der Waals surface area contributed by atoms with Crippen molar-refractivity contribution in [1.82, 2.24) is 9.80 Å². The molecular formula is C19H21ClFN3O. The number of benzene rings is 2. The van der Waals surface area contributed by atoms with E-state index in [1.54, 1.807) is 6.07 Å². The van der Waals surface area contributed by atoms with Crippen molar-refractivity contribution >= 4 is 23.2 Å². The molecule has 0 bridgehead atoms. The van der Waals surface area contributed by atoms with Gasteiger partial charge in [0, 0.05) is 43.4 Å². The second-order valence-electron chi connectivity index (χ2n) is 6.20. The Morgan fingerprint density at radius 1 is 1.04 bits per heavy atom. The van der Waals surface area contributed by atoms with Crippen LogP contribution in [0.15, 0.2) is 48.5 Å². The fourth-order valence-corrected chi connectivity index (χ4v) is 3.15. The Balaban J connectivity index is 1.44. The number of hydrogen-bond acceptors (Lipinski definition) is 3. The number of carbonyl (C=O) groups excluding carboxylic acids is 1. The summed E-state index contributed by atoms with van der Waals surface area (Å²) in [5.74, 6) is -0.316. The highest BCUT2D eigenvalue weighted by Crippen LogP contribution is 2.19. The summed E-state index contributed by atoms with van der Waals surface area (Å²) in [5, 5.41) is 3.37. The van der Waals surface area contributed by atoms with Crippen LogP contribution in [0.5, 0.6) is 0 Å². The fraction of sp³-hybridized carbons (Fsp3) is 0.316. The maximum Gasteiger partial charge on any atom is 0.238 e. The van der Waals surface area contributed by atoms with E-state index in [1.807, 2.05) is 30.3 Å². The van der Waals surface area contributed by atoms with Gasteiger partial charge in [0.2, 0.25) is 5.91 Å². The van der Waals surface area contributed by atoms with Crippen LogP contribution in [0.1, 0.15) is 5.56 Å². The molecule has 0 atom stereocenters. The second-order valence-corrected chi connectivity index (χ2v) is 6.61. The van der Waals surface area contributed by atoms with Gasteiger partial charge in [-0.3, -0.25) is 14.6 Å². The average molecular weight is 362 g/mol. The molecule has 3 rings (SSSR count). The van der Waals surface area contributed by atoms with Crippen LogP contribution in [0.3, 0.4) is 0 Å². The molecule has 1 saturated heterocycles. The molecule has 1 N–H and O–H groups in total. The predicted octanol–water partition coefficient (Wildman–Crippen LogP) is 3.24. The lowest BCUT2D eigenvalue weighted by molar-refractivity contribution is -0.117. The Hall–Kier alpha value is -1.95. The molecule has 1 amide bonds. The predicted molar refractivity (Wildman–Crippen MR) is 98.2 cm³/mol. The van der Waals surface area contributed by atoms with Crippen LogP contribution < -0.4 is 5.32 Å². The highest BCUT2D eigenvalue weighted by molar-refractivity contribution is 6.31. The van der Waals surface area contributed by atoms with E-state index in [9.17, 15) is 9.18 Å². The summed E-state index contributed by atoms with van der Waals surface area (Å²) in [6.07, 6.45) is 0. The Kier molecular flexibility index (Phi) is 6.02. The van der Waals surface area contributed by atoms with Crippen molar-refractivity contribution in [3.8, 4) is 0 Å². The molecule has 0 spiro atoms. The Morgan fingerprint density at radius 2 is 1.72 bits per heavy atom. The third-order valence-corrected chi connectivity index (χ3v) is 4.65. The first-order valence-electron chi connectivity index (χ1n) is 8.34. The number of hydrogen-bond donors (Lipinski definition) is 1. The van der Waals surface area contributed by atoms with Crippen LogP contribution in [0, 0.1) is 5.82 Å². The molecule has 0 saturated carbocycles. The molecule has 132 valence electrons. The summed E-state index contributed by atoms with van der Waals surface area (Å²) >= 11 is 6.09. The molecule has 1 heterocycles. The number of nitrogens with one attached hydrogen (secondary N) is 1. The molecule has 6 heteroatoms. The molecule has 0 radical (unpaired) electrons. The maximum absolute atomic E-state index is 13.1. The minimum absolute atomic E-state index is 0.00114. The lowest BCUT2D eigenvalue weighted by Crippen LogP contribution is -2.48. The van der Waals surface area contributed by atoms with Crippen molar-refractivity contribution in [3.05, 3.63) is 64.9 Å². The molecule has 2 aromatic carbocycles. The van der Waals surface area contributed by atoms with Gasteiger partial charge in [0.25, 0.3) is 0 Å². The number of amides is 1. The van der Waals surface area contributed by atoms with Gasteiger partial charge in [0.05, 0.1) is 6.54 Å². The van der Waals surface area contributed by atoms with E-state index in [0.29, 0.717) is 18.1 Å². The minimum atomic E-state index is -0.317. The van der Waals surface area contributed by atoms with Crippen LogP contribution in [0.4, 0.5) is 10.1 Å². The first-order chi connectivity index (χ1) is 12.1. The third-order valence-electron chi connectivity index (χ3n) is 4.30. The number of piperazine rings is 1. The molecule has 1 fully saturated rings. The van der Waals surface area contributed by atoms with Gasteiger partial charge >= 0.3 is 0 Å². The summed E-state index contributed by atoms with van der Waals surface area (Å²) in [5.41, 5.74) is 1.75. The van der Waals surface area contributed by atoms with E-state index in [0.717, 1.165) is 37.4 Å². The number of carbonyl (C=O) groups is 1. The highest BCUT2D eigenvalue weighted by atomic mass is 35.5. The molecule has 25 heavy (non-hydrogen) atoms. The minimum Gasteiger partial charge on any atom is -0.325 e. The topological polar surface area (TPSA) is 35.6 Å². The van der Waals surface area contributed by atoms with Gasteiger partial charge in [-0.05, 0) is 29.8 Å². The Morgan fingerprint density at radius 3 is 2.40 bits per heavy atom. The molecule has 0 unspecified atom stereocenters. The standard InChI is InChI=1S/C19H21ClFN3O/c20-18-12-16(21)7-6-15(18)13-23-8-10-24(11-9-23)14-19(25)22-17-4-2-1-3-5-17/h1-7,12H,8-11,13-14H2,(H,22,25). The SMILES string of the molecule is O=C(CN1CCN(Cc2ccc(F)cc2Cl)CC1)Nc1ccccc1. The van der Waals surface area contributed by atoms with Gasteiger partial charge in [0.1, 0.15) is 5.82 Å². The molecule has 1 aliphatic rings. The summed E-state index contributed by atoms with van der Waals surface area (Å²) in [6.45, 7) is 4.43. The van der Waals surface area contributed by atoms with E-state index in [-0.39, 0.29) is 11.7 Å². The smallest absolute Gasteiger partial charge is 0.238 e. The Labute approximate surface area is 152 Å². The Bertz CT molecular complexity index is 718. The maximum atomic E-state index is 13.1. The van der Waals surface area contributed by atoms with Crippen molar-refractivity contribution in [2.75, 3.05) is 38.0 Å². The number of halogens is 2. The highest BCUT2D eigenvalue weighted by Gasteiger charge is 2.19. The number of anilines is 1. The largest absolute Gasteiger partial charge is 0.325 e. The zero-order valence-corrected chi connectivity index (χ0v) is 14.7. The fourth-order valence-electron chi connectivity index (χ4n) is 2.92. The zero-order chi connectivity index (χ0) is 17.6. The van der Waals surface area contributed by atoms with Crippen LogP contribution in [-0.2, 0) is 11.3 Å². The lowest BCUT2D eigenvalue weighted by atomic mass is 10.2. The number of nitrogens with zero attached hydrogens (tertiary/aromatic N) is 2. The lowest BCUT2D eigenvalue weighted by Gasteiger charge is -2.34. The quantitative estimate of drug-likeness (QED) is 0.888. The van der Waals surface area contributed by atoms with Gasteiger partial charge in [-0.25, -0.2) is 4.39 Å². The van der Waals surface area contributed by atoms with Crippen LogP contribution in [0.2, 0.25) is 5.02 Å². The monoisotopic (exact) mass is 361 g/mol. The van der Waals surface area contributed by atoms with Crippen molar-refractivity contribution in [3.63, 3.8) is 0 Å². The van der Waals surface area contributed by atoms with E-state index >= 15 is 0 Å². The summed E-state index contributed by atoms with van der Waals surface area (Å²) in [7, 11) is 0. The normalized spacial score (nSPS) is 15.9. The van der Waals surface area contributed by atoms with E-state index in [2.05, 4.69) is 15.1 Å². The van der Waals surface area contributed by atoms with E-state index in [4.69, 9.17) is 11.6 Å². The molecular weight excluding hydrogens is 341 g/mol. The van der Waals surface area contributed by atoms with Crippen LogP contribution in [-0.4, -0.2) is 48.4 Å². The summed E-state index contributed by atoms with van der Waals surface area (Å²) < 4.78 is 13.1. The van der Waals surface area contributed by atoms with Gasteiger partial charge in [0.15, 0.2) is 0 Å². The van der Waals surface area contributed by atoms with Gasteiger partial charge in [-0.2, -0.15) is 0 Å². The molecule has 0 aromatic heterocycles. The number of para-hydroxylation sites is 1. The molecule has 1 aliphatic heterocycles. The van der Waals surface area contributed by atoms with Gasteiger partial charge in [-0.1, -0.05) is 35.9 Å². The zero-order valence-electron chi connectivity index (χ0n) is 13.9. The summed E-state index contributed by atoms with van der Waals surface area (Å²) in [4.78, 5) is 16.5. The van der Waals surface area contributed by atoms with Gasteiger partial charge < -0.3 is 5.32 Å². The van der Waals surface area contributed by atoms with Crippen molar-refractivity contribution < 1.29 is 9.18 Å². The molecule has 4 nitrogen and oxygen atoms in total. The molecule has 2 aromatic rings. The van der Waals surface area contributed by atoms with E-state index < -0.39 is 0 Å². The second kappa shape index (κ2) is 8.43. The van der Waals surface area contributed by atoms with Gasteiger partial charge in [-0.15, -0.1) is 0 Å². The van der Waals surface area contributed by atoms with Crippen molar-refractivity contribution in [2.24, 2.45) is 0 Å². The average Bonchev–Trinajstić information content (AvgIpc) is 2.60. The van der Waals surface area contributed by atoms with Crippen molar-refractivity contribution in [1.29, 1.82) is 0 Å². The third kappa shape index (κ3) is 5.26. The molecule has 0 aliphatic carbocycles. The van der Waals surface area contributed by atoms with E-state index in [1.165, 1.54) is 12.1 Å².